The highest BCUT2D eigenvalue weighted by atomic mass is 32.2. The summed E-state index contributed by atoms with van der Waals surface area (Å²) in [7, 11) is 0. The Morgan fingerprint density at radius 3 is 3.18 bits per heavy atom. The molecule has 1 aliphatic heterocycles. The van der Waals surface area contributed by atoms with Crippen LogP contribution < -0.4 is 0 Å². The fourth-order valence-corrected chi connectivity index (χ4v) is 3.36. The second kappa shape index (κ2) is 4.49. The second-order valence-electron chi connectivity index (χ2n) is 4.28. The molecule has 0 radical (unpaired) electrons. The maximum absolute atomic E-state index is 10.7. The number of aldehydes is 1. The number of fused-ring (bicyclic) bond motifs is 1. The smallest absolute Gasteiger partial charge is 0.161 e. The molecule has 1 fully saturated rings. The van der Waals surface area contributed by atoms with Crippen LogP contribution in [0.15, 0.2) is 18.3 Å². The lowest BCUT2D eigenvalue weighted by atomic mass is 10.0. The standard InChI is InChI=1S/C12H13N3OS/c16-7-9-3-4-15-11(6-9)13-14-12(15)10-2-1-5-17-8-10/h3-4,6-7,10H,1-2,5,8H2. The summed E-state index contributed by atoms with van der Waals surface area (Å²) in [6.07, 6.45) is 5.17. The molecule has 0 aliphatic carbocycles. The zero-order valence-electron chi connectivity index (χ0n) is 9.37. The average Bonchev–Trinajstić information content (AvgIpc) is 2.82. The van der Waals surface area contributed by atoms with Gasteiger partial charge in [-0.05, 0) is 30.7 Å². The lowest BCUT2D eigenvalue weighted by Gasteiger charge is -2.19. The number of rotatable bonds is 2. The zero-order valence-corrected chi connectivity index (χ0v) is 10.2. The van der Waals surface area contributed by atoms with Gasteiger partial charge >= 0.3 is 0 Å². The number of nitrogens with zero attached hydrogens (tertiary/aromatic N) is 3. The second-order valence-corrected chi connectivity index (χ2v) is 5.43. The van der Waals surface area contributed by atoms with E-state index in [0.29, 0.717) is 11.5 Å². The summed E-state index contributed by atoms with van der Waals surface area (Å²) in [6, 6.07) is 3.59. The molecule has 1 saturated heterocycles. The Balaban J connectivity index is 2.02. The highest BCUT2D eigenvalue weighted by Crippen LogP contribution is 2.30. The van der Waals surface area contributed by atoms with Crippen LogP contribution in [0.25, 0.3) is 5.65 Å². The van der Waals surface area contributed by atoms with Crippen molar-refractivity contribution in [2.24, 2.45) is 0 Å². The van der Waals surface area contributed by atoms with Gasteiger partial charge in [-0.15, -0.1) is 10.2 Å². The Bertz CT molecular complexity index is 546. The van der Waals surface area contributed by atoms with Gasteiger partial charge in [-0.3, -0.25) is 9.20 Å². The molecule has 0 N–H and O–H groups in total. The van der Waals surface area contributed by atoms with E-state index in [1.165, 1.54) is 18.6 Å². The molecule has 0 saturated carbocycles. The van der Waals surface area contributed by atoms with Crippen molar-refractivity contribution in [1.29, 1.82) is 0 Å². The van der Waals surface area contributed by atoms with Gasteiger partial charge in [-0.1, -0.05) is 0 Å². The van der Waals surface area contributed by atoms with E-state index in [9.17, 15) is 4.79 Å². The largest absolute Gasteiger partial charge is 0.298 e. The maximum atomic E-state index is 10.7. The molecule has 88 valence electrons. The van der Waals surface area contributed by atoms with Crippen LogP contribution in [0.1, 0.15) is 34.9 Å². The monoisotopic (exact) mass is 247 g/mol. The van der Waals surface area contributed by atoms with E-state index in [0.717, 1.165) is 23.5 Å². The molecular weight excluding hydrogens is 234 g/mol. The number of thioether (sulfide) groups is 1. The highest BCUT2D eigenvalue weighted by Gasteiger charge is 2.20. The third kappa shape index (κ3) is 1.95. The van der Waals surface area contributed by atoms with Crippen LogP contribution in [0, 0.1) is 0 Å². The molecule has 3 rings (SSSR count). The van der Waals surface area contributed by atoms with E-state index in [-0.39, 0.29) is 0 Å². The van der Waals surface area contributed by atoms with Crippen LogP contribution >= 0.6 is 11.8 Å². The maximum Gasteiger partial charge on any atom is 0.161 e. The number of aromatic nitrogens is 3. The fourth-order valence-electron chi connectivity index (χ4n) is 2.22. The van der Waals surface area contributed by atoms with Gasteiger partial charge in [0.15, 0.2) is 5.65 Å². The van der Waals surface area contributed by atoms with Crippen molar-refractivity contribution in [2.45, 2.75) is 18.8 Å². The zero-order chi connectivity index (χ0) is 11.7. The molecule has 2 aromatic heterocycles. The predicted molar refractivity (Wildman–Crippen MR) is 67.7 cm³/mol. The van der Waals surface area contributed by atoms with E-state index in [2.05, 4.69) is 10.2 Å². The van der Waals surface area contributed by atoms with Crippen LogP contribution in [0.4, 0.5) is 0 Å². The first-order valence-electron chi connectivity index (χ1n) is 5.76. The molecule has 0 bridgehead atoms. The molecule has 1 unspecified atom stereocenters. The van der Waals surface area contributed by atoms with Crippen LogP contribution in [-0.2, 0) is 0 Å². The van der Waals surface area contributed by atoms with Gasteiger partial charge in [0, 0.05) is 23.4 Å². The molecule has 0 spiro atoms. The van der Waals surface area contributed by atoms with E-state index in [4.69, 9.17) is 0 Å². The van der Waals surface area contributed by atoms with Gasteiger partial charge in [0.05, 0.1) is 0 Å². The summed E-state index contributed by atoms with van der Waals surface area (Å²) in [6.45, 7) is 0. The van der Waals surface area contributed by atoms with Crippen molar-refractivity contribution in [2.75, 3.05) is 11.5 Å². The summed E-state index contributed by atoms with van der Waals surface area (Å²) in [4.78, 5) is 10.7. The molecule has 1 aliphatic rings. The quantitative estimate of drug-likeness (QED) is 0.763. The Morgan fingerprint density at radius 1 is 1.47 bits per heavy atom. The van der Waals surface area contributed by atoms with Crippen LogP contribution in [-0.4, -0.2) is 32.4 Å². The number of carbonyl (C=O) groups is 1. The third-order valence-corrected chi connectivity index (χ3v) is 4.34. The molecule has 5 heteroatoms. The molecule has 0 aromatic carbocycles. The van der Waals surface area contributed by atoms with E-state index < -0.39 is 0 Å². The van der Waals surface area contributed by atoms with Crippen molar-refractivity contribution in [3.8, 4) is 0 Å². The van der Waals surface area contributed by atoms with Crippen molar-refractivity contribution in [3.63, 3.8) is 0 Å². The Hall–Kier alpha value is -1.36. The molecule has 0 amide bonds. The van der Waals surface area contributed by atoms with Gasteiger partial charge in [-0.25, -0.2) is 0 Å². The van der Waals surface area contributed by atoms with E-state index in [1.54, 1.807) is 6.07 Å². The lowest BCUT2D eigenvalue weighted by Crippen LogP contribution is -2.12. The molecular formula is C12H13N3OS. The number of pyridine rings is 1. The van der Waals surface area contributed by atoms with Crippen molar-refractivity contribution in [1.82, 2.24) is 14.6 Å². The lowest BCUT2D eigenvalue weighted by molar-refractivity contribution is 0.112. The molecule has 3 heterocycles. The van der Waals surface area contributed by atoms with E-state index >= 15 is 0 Å². The minimum absolute atomic E-state index is 0.492. The number of hydrogen-bond donors (Lipinski definition) is 0. The molecule has 2 aromatic rings. The molecule has 1 atom stereocenters. The van der Waals surface area contributed by atoms with Gasteiger partial charge in [0.1, 0.15) is 12.1 Å². The minimum atomic E-state index is 0.492. The van der Waals surface area contributed by atoms with Gasteiger partial charge in [0.2, 0.25) is 0 Å². The molecule has 17 heavy (non-hydrogen) atoms. The van der Waals surface area contributed by atoms with Crippen molar-refractivity contribution >= 4 is 23.7 Å². The summed E-state index contributed by atoms with van der Waals surface area (Å²) < 4.78 is 2.00. The van der Waals surface area contributed by atoms with Gasteiger partial charge in [0.25, 0.3) is 0 Å². The summed E-state index contributed by atoms with van der Waals surface area (Å²) in [5, 5.41) is 8.43. The topological polar surface area (TPSA) is 47.3 Å². The average molecular weight is 247 g/mol. The third-order valence-electron chi connectivity index (χ3n) is 3.12. The van der Waals surface area contributed by atoms with Crippen LogP contribution in [0.5, 0.6) is 0 Å². The molecule has 4 nitrogen and oxygen atoms in total. The first kappa shape index (κ1) is 10.8. The number of hydrogen-bond acceptors (Lipinski definition) is 4. The van der Waals surface area contributed by atoms with Crippen LogP contribution in [0.3, 0.4) is 0 Å². The summed E-state index contributed by atoms with van der Waals surface area (Å²) in [5.41, 5.74) is 1.41. The SMILES string of the molecule is O=Cc1ccn2c(C3CCCSC3)nnc2c1. The van der Waals surface area contributed by atoms with Gasteiger partial charge in [-0.2, -0.15) is 11.8 Å². The summed E-state index contributed by atoms with van der Waals surface area (Å²) >= 11 is 1.98. The Morgan fingerprint density at radius 2 is 2.41 bits per heavy atom. The normalized spacial score (nSPS) is 20.6. The van der Waals surface area contributed by atoms with Crippen LogP contribution in [0.2, 0.25) is 0 Å². The van der Waals surface area contributed by atoms with Gasteiger partial charge < -0.3 is 0 Å². The fraction of sp³-hybridized carbons (Fsp3) is 0.417. The first-order chi connectivity index (χ1) is 8.38. The minimum Gasteiger partial charge on any atom is -0.298 e. The summed E-state index contributed by atoms with van der Waals surface area (Å²) in [5.74, 6) is 3.90. The Kier molecular flexibility index (Phi) is 2.84. The number of carbonyl (C=O) groups excluding carboxylic acids is 1. The highest BCUT2D eigenvalue weighted by molar-refractivity contribution is 7.99. The predicted octanol–water partition coefficient (Wildman–Crippen LogP) is 2.15. The first-order valence-corrected chi connectivity index (χ1v) is 6.91. The van der Waals surface area contributed by atoms with Crippen molar-refractivity contribution in [3.05, 3.63) is 29.7 Å². The van der Waals surface area contributed by atoms with E-state index in [1.807, 2.05) is 28.4 Å². The van der Waals surface area contributed by atoms with Crippen molar-refractivity contribution < 1.29 is 4.79 Å². The Labute approximate surface area is 103 Å².